The first-order valence-electron chi connectivity index (χ1n) is 8.66. The molecule has 1 saturated heterocycles. The number of nitrogens with one attached hydrogen (secondary N) is 2. The van der Waals surface area contributed by atoms with Crippen LogP contribution in [0.4, 0.5) is 4.39 Å². The molecule has 2 rings (SSSR count). The first kappa shape index (κ1) is 19.6. The van der Waals surface area contributed by atoms with Crippen LogP contribution in [0.5, 0.6) is 0 Å². The SMILES string of the molecule is C=C/C=C\C(=C(/C)N1CCC(C(=N)N(C)C=N)CC1)c1ccc(F)nc1. The predicted molar refractivity (Wildman–Crippen MR) is 105 cm³/mol. The number of likely N-dealkylation sites (tertiary alicyclic amines) is 1. The van der Waals surface area contributed by atoms with Crippen molar-refractivity contribution in [3.05, 3.63) is 60.3 Å². The summed E-state index contributed by atoms with van der Waals surface area (Å²) >= 11 is 0. The summed E-state index contributed by atoms with van der Waals surface area (Å²) in [6.07, 6.45) is 10.0. The molecule has 0 saturated carbocycles. The van der Waals surface area contributed by atoms with Crippen molar-refractivity contribution in [1.29, 1.82) is 10.8 Å². The van der Waals surface area contributed by atoms with Gasteiger partial charge >= 0.3 is 0 Å². The van der Waals surface area contributed by atoms with Gasteiger partial charge in [0, 0.05) is 49.1 Å². The molecular formula is C20H26FN5. The average molecular weight is 355 g/mol. The van der Waals surface area contributed by atoms with Gasteiger partial charge in [-0.3, -0.25) is 10.8 Å². The molecule has 0 atom stereocenters. The van der Waals surface area contributed by atoms with Crippen LogP contribution in [0.3, 0.4) is 0 Å². The van der Waals surface area contributed by atoms with Crippen molar-refractivity contribution < 1.29 is 4.39 Å². The van der Waals surface area contributed by atoms with Crippen LogP contribution in [0.2, 0.25) is 0 Å². The Morgan fingerprint density at radius 3 is 2.62 bits per heavy atom. The van der Waals surface area contributed by atoms with Crippen LogP contribution in [0, 0.1) is 22.7 Å². The Labute approximate surface area is 154 Å². The summed E-state index contributed by atoms with van der Waals surface area (Å²) in [6, 6.07) is 3.10. The van der Waals surface area contributed by atoms with Crippen LogP contribution in [-0.2, 0) is 0 Å². The second-order valence-corrected chi connectivity index (χ2v) is 6.35. The fraction of sp³-hybridized carbons (Fsp3) is 0.350. The van der Waals surface area contributed by atoms with E-state index in [0.29, 0.717) is 5.84 Å². The van der Waals surface area contributed by atoms with Gasteiger partial charge in [0.05, 0.1) is 6.34 Å². The topological polar surface area (TPSA) is 67.1 Å². The highest BCUT2D eigenvalue weighted by Gasteiger charge is 2.25. The van der Waals surface area contributed by atoms with Gasteiger partial charge in [-0.15, -0.1) is 0 Å². The first-order valence-corrected chi connectivity index (χ1v) is 8.66. The molecule has 0 bridgehead atoms. The van der Waals surface area contributed by atoms with Crippen LogP contribution < -0.4 is 0 Å². The van der Waals surface area contributed by atoms with Crippen LogP contribution in [0.1, 0.15) is 25.3 Å². The lowest BCUT2D eigenvalue weighted by Gasteiger charge is -2.36. The van der Waals surface area contributed by atoms with Crippen LogP contribution >= 0.6 is 0 Å². The lowest BCUT2D eigenvalue weighted by molar-refractivity contribution is 0.256. The number of hydrogen-bond donors (Lipinski definition) is 2. The van der Waals surface area contributed by atoms with Crippen LogP contribution in [0.15, 0.2) is 48.8 Å². The zero-order valence-corrected chi connectivity index (χ0v) is 15.4. The first-order chi connectivity index (χ1) is 12.5. The summed E-state index contributed by atoms with van der Waals surface area (Å²) < 4.78 is 13.2. The van der Waals surface area contributed by atoms with E-state index < -0.39 is 5.95 Å². The number of hydrogen-bond acceptors (Lipinski definition) is 4. The van der Waals surface area contributed by atoms with Crippen molar-refractivity contribution in [2.45, 2.75) is 19.8 Å². The van der Waals surface area contributed by atoms with E-state index in [0.717, 1.165) is 42.8 Å². The molecule has 1 fully saturated rings. The number of aromatic nitrogens is 1. The van der Waals surface area contributed by atoms with E-state index in [1.54, 1.807) is 30.3 Å². The third kappa shape index (κ3) is 4.65. The molecule has 138 valence electrons. The van der Waals surface area contributed by atoms with Gasteiger partial charge in [-0.05, 0) is 31.9 Å². The molecule has 6 heteroatoms. The highest BCUT2D eigenvalue weighted by atomic mass is 19.1. The minimum absolute atomic E-state index is 0.172. The molecule has 2 heterocycles. The van der Waals surface area contributed by atoms with E-state index in [1.165, 1.54) is 12.4 Å². The molecule has 26 heavy (non-hydrogen) atoms. The molecule has 0 spiro atoms. The largest absolute Gasteiger partial charge is 0.375 e. The summed E-state index contributed by atoms with van der Waals surface area (Å²) in [5.74, 6) is 0.175. The number of rotatable bonds is 6. The second-order valence-electron chi connectivity index (χ2n) is 6.35. The Hall–Kier alpha value is -2.76. The van der Waals surface area contributed by atoms with Crippen molar-refractivity contribution >= 4 is 17.7 Å². The van der Waals surface area contributed by atoms with E-state index in [-0.39, 0.29) is 5.92 Å². The van der Waals surface area contributed by atoms with Crippen LogP contribution in [0.25, 0.3) is 5.57 Å². The van der Waals surface area contributed by atoms with Gasteiger partial charge in [-0.1, -0.05) is 24.8 Å². The molecular weight excluding hydrogens is 329 g/mol. The minimum Gasteiger partial charge on any atom is -0.375 e. The van der Waals surface area contributed by atoms with Gasteiger partial charge in [0.15, 0.2) is 0 Å². The number of amidine groups is 1. The van der Waals surface area contributed by atoms with E-state index in [1.807, 2.05) is 12.2 Å². The summed E-state index contributed by atoms with van der Waals surface area (Å²) in [7, 11) is 1.74. The summed E-state index contributed by atoms with van der Waals surface area (Å²) in [4.78, 5) is 7.62. The lowest BCUT2D eigenvalue weighted by atomic mass is 9.94. The molecule has 2 N–H and O–H groups in total. The third-order valence-electron chi connectivity index (χ3n) is 4.76. The Morgan fingerprint density at radius 1 is 1.38 bits per heavy atom. The van der Waals surface area contributed by atoms with Gasteiger partial charge in [0.25, 0.3) is 0 Å². The van der Waals surface area contributed by atoms with Crippen molar-refractivity contribution in [1.82, 2.24) is 14.8 Å². The van der Waals surface area contributed by atoms with E-state index in [4.69, 9.17) is 10.8 Å². The van der Waals surface area contributed by atoms with Gasteiger partial charge < -0.3 is 9.80 Å². The standard InChI is InChI=1S/C20H26FN5/c1-4-5-6-18(17-7-8-19(21)24-13-17)15(2)26-11-9-16(10-12-26)20(23)25(3)14-22/h4-8,13-14,16,22-23H,1,9-12H2,2-3H3/b6-5-,18-15-,22-14?,23-20?. The highest BCUT2D eigenvalue weighted by molar-refractivity contribution is 5.90. The molecule has 1 aromatic heterocycles. The summed E-state index contributed by atoms with van der Waals surface area (Å²) in [6.45, 7) is 7.45. The van der Waals surface area contributed by atoms with Gasteiger partial charge in [0.1, 0.15) is 5.84 Å². The predicted octanol–water partition coefficient (Wildman–Crippen LogP) is 3.92. The fourth-order valence-corrected chi connectivity index (χ4v) is 3.14. The van der Waals surface area contributed by atoms with E-state index in [9.17, 15) is 4.39 Å². The lowest BCUT2D eigenvalue weighted by Crippen LogP contribution is -2.40. The molecule has 0 unspecified atom stereocenters. The summed E-state index contributed by atoms with van der Waals surface area (Å²) in [5, 5.41) is 15.5. The molecule has 0 amide bonds. The number of pyridine rings is 1. The van der Waals surface area contributed by atoms with Crippen molar-refractivity contribution in [2.24, 2.45) is 5.92 Å². The number of nitrogens with zero attached hydrogens (tertiary/aromatic N) is 3. The quantitative estimate of drug-likeness (QED) is 0.352. The van der Waals surface area contributed by atoms with Crippen molar-refractivity contribution in [3.8, 4) is 0 Å². The summed E-state index contributed by atoms with van der Waals surface area (Å²) in [5.41, 5.74) is 2.95. The monoisotopic (exact) mass is 355 g/mol. The third-order valence-corrected chi connectivity index (χ3v) is 4.76. The second kappa shape index (κ2) is 9.08. The normalized spacial score (nSPS) is 16.3. The zero-order chi connectivity index (χ0) is 19.1. The van der Waals surface area contributed by atoms with E-state index in [2.05, 4.69) is 23.4 Å². The van der Waals surface area contributed by atoms with Crippen LogP contribution in [-0.4, -0.2) is 47.1 Å². The maximum Gasteiger partial charge on any atom is 0.212 e. The number of piperidine rings is 1. The van der Waals surface area contributed by atoms with Gasteiger partial charge in [0.2, 0.25) is 5.95 Å². The fourth-order valence-electron chi connectivity index (χ4n) is 3.14. The number of halogens is 1. The molecule has 0 radical (unpaired) electrons. The van der Waals surface area contributed by atoms with Crippen molar-refractivity contribution in [2.75, 3.05) is 20.1 Å². The maximum absolute atomic E-state index is 13.2. The Morgan fingerprint density at radius 2 is 2.08 bits per heavy atom. The molecule has 1 aliphatic heterocycles. The van der Waals surface area contributed by atoms with Gasteiger partial charge in [-0.25, -0.2) is 4.98 Å². The minimum atomic E-state index is -0.493. The molecule has 1 aliphatic rings. The van der Waals surface area contributed by atoms with Gasteiger partial charge in [-0.2, -0.15) is 4.39 Å². The smallest absolute Gasteiger partial charge is 0.212 e. The van der Waals surface area contributed by atoms with Crippen molar-refractivity contribution in [3.63, 3.8) is 0 Å². The molecule has 0 aliphatic carbocycles. The molecule has 1 aromatic rings. The van der Waals surface area contributed by atoms with E-state index >= 15 is 0 Å². The molecule has 5 nitrogen and oxygen atoms in total. The number of allylic oxidation sites excluding steroid dienone is 5. The Kier molecular flexibility index (Phi) is 6.83. The Balaban J connectivity index is 2.20. The highest BCUT2D eigenvalue weighted by Crippen LogP contribution is 2.27. The maximum atomic E-state index is 13.2. The Bertz CT molecular complexity index is 712. The molecule has 0 aromatic carbocycles. The zero-order valence-electron chi connectivity index (χ0n) is 15.4. The average Bonchev–Trinajstić information content (AvgIpc) is 2.68.